The molecule has 472 valence electrons. The smallest absolute Gasteiger partial charge is 0.220 e. The molecule has 0 aromatic carbocycles. The van der Waals surface area contributed by atoms with Gasteiger partial charge in [0.25, 0.3) is 0 Å². The summed E-state index contributed by atoms with van der Waals surface area (Å²) in [5.74, 6) is -0.290. The zero-order valence-corrected chi connectivity index (χ0v) is 49.3. The van der Waals surface area contributed by atoms with E-state index in [1.54, 1.807) is 6.08 Å². The van der Waals surface area contributed by atoms with E-state index < -0.39 is 124 Å². The van der Waals surface area contributed by atoms with E-state index in [2.05, 4.69) is 55.6 Å². The third kappa shape index (κ3) is 28.7. The van der Waals surface area contributed by atoms with Crippen LogP contribution < -0.4 is 5.32 Å². The monoisotopic (exact) mass is 1160 g/mol. The van der Waals surface area contributed by atoms with Gasteiger partial charge in [-0.15, -0.1) is 0 Å². The van der Waals surface area contributed by atoms with E-state index in [1.807, 2.05) is 6.08 Å². The Labute approximate surface area is 484 Å². The molecule has 1 amide bonds. The molecule has 3 aliphatic rings. The molecule has 3 rings (SSSR count). The lowest BCUT2D eigenvalue weighted by Crippen LogP contribution is -2.66. The van der Waals surface area contributed by atoms with Crippen LogP contribution in [-0.2, 0) is 33.2 Å². The minimum atomic E-state index is -1.98. The molecule has 17 unspecified atom stereocenters. The zero-order chi connectivity index (χ0) is 59.0. The normalized spacial score (nSPS) is 30.1. The number of carbonyl (C=O) groups excluding carboxylic acids is 1. The number of aliphatic hydroxyl groups excluding tert-OH is 11. The first-order valence-corrected chi connectivity index (χ1v) is 31.4. The highest BCUT2D eigenvalue weighted by molar-refractivity contribution is 5.76. The number of unbranched alkanes of at least 4 members (excludes halogenated alkanes) is 24. The molecular weight excluding hydrogens is 1050 g/mol. The van der Waals surface area contributed by atoms with Gasteiger partial charge in [0.05, 0.1) is 38.6 Å². The summed E-state index contributed by atoms with van der Waals surface area (Å²) in [6.07, 6.45) is 23.8. The van der Waals surface area contributed by atoms with Crippen molar-refractivity contribution in [2.75, 3.05) is 26.4 Å². The fourth-order valence-electron chi connectivity index (χ4n) is 10.4. The topological polar surface area (TPSA) is 307 Å². The van der Waals surface area contributed by atoms with Gasteiger partial charge in [-0.2, -0.15) is 0 Å². The maximum Gasteiger partial charge on any atom is 0.220 e. The molecule has 12 N–H and O–H groups in total. The summed E-state index contributed by atoms with van der Waals surface area (Å²) in [7, 11) is 0. The molecule has 81 heavy (non-hydrogen) atoms. The number of hydrogen-bond donors (Lipinski definition) is 12. The van der Waals surface area contributed by atoms with Gasteiger partial charge in [0.2, 0.25) is 5.91 Å². The van der Waals surface area contributed by atoms with Gasteiger partial charge in [-0.1, -0.05) is 184 Å². The molecule has 3 saturated heterocycles. The number of carbonyl (C=O) groups is 1. The van der Waals surface area contributed by atoms with Crippen molar-refractivity contribution >= 4 is 5.91 Å². The van der Waals surface area contributed by atoms with Crippen molar-refractivity contribution in [1.82, 2.24) is 5.32 Å². The number of hydrogen-bond acceptors (Lipinski definition) is 18. The summed E-state index contributed by atoms with van der Waals surface area (Å²) >= 11 is 0. The van der Waals surface area contributed by atoms with Crippen LogP contribution in [-0.4, -0.2) is 193 Å². The second-order valence-corrected chi connectivity index (χ2v) is 22.5. The van der Waals surface area contributed by atoms with Crippen molar-refractivity contribution in [3.8, 4) is 0 Å². The van der Waals surface area contributed by atoms with Gasteiger partial charge in [-0.05, 0) is 64.2 Å². The van der Waals surface area contributed by atoms with Gasteiger partial charge in [0.1, 0.15) is 73.2 Å². The van der Waals surface area contributed by atoms with Gasteiger partial charge in [-0.3, -0.25) is 4.79 Å². The molecule has 3 fully saturated rings. The molecule has 0 aromatic rings. The van der Waals surface area contributed by atoms with Gasteiger partial charge >= 0.3 is 0 Å². The fraction of sp³-hybridized carbons (Fsp3) is 0.855. The standard InChI is InChI=1S/C62H111NO18/c1-3-5-7-9-11-13-15-17-18-19-20-21-22-23-24-25-26-28-30-32-34-36-38-40-50(68)63-45(46(67)39-37-35-33-31-29-27-16-14-12-10-8-6-4-2)44-76-60-56(74)53(71)58(48(42-65)78-60)81-62-57(75)54(72)59(49(43-66)79-62)80-61-55(73)52(70)51(69)47(41-64)77-61/h15,17,19-20,29,31,37,39,45-49,51-62,64-67,69-75H,3-14,16,18,21-28,30,32-36,38,40-44H2,1-2H3,(H,63,68)/b17-15-,20-19-,31-29+,39-37+. The number of nitrogens with one attached hydrogen (secondary N) is 1. The SMILES string of the molecule is CCCCCCC/C=C\C/C=C\CCCCCCCCCCCCCC(=O)NC(COC1OC(CO)C(OC2OC(CO)C(OC3OC(CO)C(O)C(O)C3O)C(O)C2O)C(O)C1O)C(O)/C=C/CC/C=C/CCCCCCCCC. The van der Waals surface area contributed by atoms with Crippen LogP contribution >= 0.6 is 0 Å². The van der Waals surface area contributed by atoms with E-state index in [9.17, 15) is 61.0 Å². The van der Waals surface area contributed by atoms with Crippen LogP contribution in [0.15, 0.2) is 48.6 Å². The number of ether oxygens (including phenoxy) is 6. The summed E-state index contributed by atoms with van der Waals surface area (Å²) in [5.41, 5.74) is 0. The Balaban J connectivity index is 1.47. The number of amides is 1. The summed E-state index contributed by atoms with van der Waals surface area (Å²) < 4.78 is 34.2. The molecule has 0 saturated carbocycles. The molecule has 19 nitrogen and oxygen atoms in total. The fourth-order valence-corrected chi connectivity index (χ4v) is 10.4. The molecule has 17 atom stereocenters. The van der Waals surface area contributed by atoms with Crippen molar-refractivity contribution in [2.24, 2.45) is 0 Å². The molecule has 3 aliphatic heterocycles. The Bertz CT molecular complexity index is 1670. The van der Waals surface area contributed by atoms with Crippen LogP contribution in [0.2, 0.25) is 0 Å². The Morgan fingerprint density at radius 2 is 0.827 bits per heavy atom. The zero-order valence-electron chi connectivity index (χ0n) is 49.3. The Hall–Kier alpha value is -2.25. The maximum absolute atomic E-state index is 13.3. The molecule has 0 radical (unpaired) electrons. The van der Waals surface area contributed by atoms with Crippen LogP contribution in [0, 0.1) is 0 Å². The Morgan fingerprint density at radius 1 is 0.444 bits per heavy atom. The van der Waals surface area contributed by atoms with Crippen LogP contribution in [0.1, 0.15) is 206 Å². The predicted molar refractivity (Wildman–Crippen MR) is 309 cm³/mol. The van der Waals surface area contributed by atoms with Gasteiger partial charge in [0.15, 0.2) is 18.9 Å². The quantitative estimate of drug-likeness (QED) is 0.0236. The van der Waals surface area contributed by atoms with Gasteiger partial charge in [-0.25, -0.2) is 0 Å². The first-order chi connectivity index (χ1) is 39.3. The lowest BCUT2D eigenvalue weighted by atomic mass is 9.96. The van der Waals surface area contributed by atoms with Crippen LogP contribution in [0.5, 0.6) is 0 Å². The summed E-state index contributed by atoms with van der Waals surface area (Å²) in [5, 5.41) is 120. The highest BCUT2D eigenvalue weighted by Gasteiger charge is 2.53. The third-order valence-electron chi connectivity index (χ3n) is 15.6. The Kier molecular flexibility index (Phi) is 40.7. The molecule has 0 bridgehead atoms. The number of rotatable bonds is 46. The minimum absolute atomic E-state index is 0.232. The molecular formula is C62H111NO18. The van der Waals surface area contributed by atoms with Crippen molar-refractivity contribution in [3.63, 3.8) is 0 Å². The van der Waals surface area contributed by atoms with E-state index >= 15 is 0 Å². The molecule has 0 spiro atoms. The predicted octanol–water partition coefficient (Wildman–Crippen LogP) is 6.26. The van der Waals surface area contributed by atoms with E-state index in [0.717, 1.165) is 51.4 Å². The lowest BCUT2D eigenvalue weighted by Gasteiger charge is -2.48. The van der Waals surface area contributed by atoms with Crippen LogP contribution in [0.25, 0.3) is 0 Å². The van der Waals surface area contributed by atoms with Crippen molar-refractivity contribution in [2.45, 2.75) is 311 Å². The average molecular weight is 1160 g/mol. The second kappa shape index (κ2) is 45.1. The van der Waals surface area contributed by atoms with Crippen molar-refractivity contribution in [3.05, 3.63) is 48.6 Å². The van der Waals surface area contributed by atoms with Crippen molar-refractivity contribution < 1.29 is 89.4 Å². The average Bonchev–Trinajstić information content (AvgIpc) is 3.57. The maximum atomic E-state index is 13.3. The van der Waals surface area contributed by atoms with Crippen LogP contribution in [0.3, 0.4) is 0 Å². The highest BCUT2D eigenvalue weighted by Crippen LogP contribution is 2.33. The van der Waals surface area contributed by atoms with E-state index in [1.165, 1.54) is 122 Å². The van der Waals surface area contributed by atoms with E-state index in [4.69, 9.17) is 28.4 Å². The number of aliphatic hydroxyl groups is 11. The summed E-state index contributed by atoms with van der Waals surface area (Å²) in [4.78, 5) is 13.3. The van der Waals surface area contributed by atoms with Crippen LogP contribution in [0.4, 0.5) is 0 Å². The largest absolute Gasteiger partial charge is 0.394 e. The molecule has 19 heteroatoms. The van der Waals surface area contributed by atoms with E-state index in [-0.39, 0.29) is 18.9 Å². The van der Waals surface area contributed by atoms with E-state index in [0.29, 0.717) is 12.8 Å². The summed E-state index contributed by atoms with van der Waals surface area (Å²) in [6.45, 7) is 1.67. The Morgan fingerprint density at radius 3 is 1.31 bits per heavy atom. The lowest BCUT2D eigenvalue weighted by molar-refractivity contribution is -0.379. The minimum Gasteiger partial charge on any atom is -0.394 e. The number of allylic oxidation sites excluding steroid dienone is 7. The van der Waals surface area contributed by atoms with Crippen molar-refractivity contribution in [1.29, 1.82) is 0 Å². The van der Waals surface area contributed by atoms with Gasteiger partial charge in [0, 0.05) is 6.42 Å². The summed E-state index contributed by atoms with van der Waals surface area (Å²) in [6, 6.07) is -0.990. The molecule has 0 aliphatic carbocycles. The first-order valence-electron chi connectivity index (χ1n) is 31.4. The first kappa shape index (κ1) is 73.0. The van der Waals surface area contributed by atoms with Gasteiger partial charge < -0.3 is 89.9 Å². The molecule has 0 aromatic heterocycles. The second-order valence-electron chi connectivity index (χ2n) is 22.5. The third-order valence-corrected chi connectivity index (χ3v) is 15.6. The highest BCUT2D eigenvalue weighted by atomic mass is 16.8. The molecule has 3 heterocycles.